The predicted molar refractivity (Wildman–Crippen MR) is 108 cm³/mol. The van der Waals surface area contributed by atoms with Gasteiger partial charge >= 0.3 is 6.18 Å². The van der Waals surface area contributed by atoms with Crippen molar-refractivity contribution in [3.05, 3.63) is 71.4 Å². The molecular formula is C21H18F3N3OS. The third-order valence-electron chi connectivity index (χ3n) is 4.07. The molecule has 3 rings (SSSR count). The number of amides is 1. The highest BCUT2D eigenvalue weighted by Gasteiger charge is 2.34. The number of aromatic nitrogens is 2. The van der Waals surface area contributed by atoms with Crippen LogP contribution in [-0.2, 0) is 11.0 Å². The number of carbonyl (C=O) groups is 1. The van der Waals surface area contributed by atoms with Crippen molar-refractivity contribution in [1.82, 2.24) is 9.97 Å². The van der Waals surface area contributed by atoms with Gasteiger partial charge in [-0.1, -0.05) is 54.2 Å². The number of nitrogens with zero attached hydrogens (tertiary/aromatic N) is 2. The van der Waals surface area contributed by atoms with Gasteiger partial charge in [-0.05, 0) is 37.1 Å². The maximum absolute atomic E-state index is 13.3. The highest BCUT2D eigenvalue weighted by Crippen LogP contribution is 2.32. The average Bonchev–Trinajstić information content (AvgIpc) is 2.69. The number of halogens is 3. The van der Waals surface area contributed by atoms with E-state index in [1.54, 1.807) is 30.3 Å². The molecule has 2 aromatic carbocycles. The van der Waals surface area contributed by atoms with E-state index in [1.807, 2.05) is 32.0 Å². The van der Waals surface area contributed by atoms with Gasteiger partial charge in [-0.3, -0.25) is 4.79 Å². The summed E-state index contributed by atoms with van der Waals surface area (Å²) in [5, 5.41) is 2.67. The van der Waals surface area contributed by atoms with Crippen molar-refractivity contribution < 1.29 is 18.0 Å². The predicted octanol–water partition coefficient (Wildman–Crippen LogP) is 5.51. The number of nitrogens with one attached hydrogen (secondary N) is 1. The van der Waals surface area contributed by atoms with Crippen LogP contribution in [0, 0.1) is 13.8 Å². The van der Waals surface area contributed by atoms with Gasteiger partial charge in [-0.25, -0.2) is 9.97 Å². The van der Waals surface area contributed by atoms with Crippen molar-refractivity contribution in [2.45, 2.75) is 25.2 Å². The molecule has 0 fully saturated rings. The van der Waals surface area contributed by atoms with E-state index in [9.17, 15) is 18.0 Å². The number of rotatable bonds is 5. The van der Waals surface area contributed by atoms with E-state index in [4.69, 9.17) is 0 Å². The number of hydrogen-bond donors (Lipinski definition) is 1. The van der Waals surface area contributed by atoms with Crippen LogP contribution in [0.5, 0.6) is 0 Å². The Labute approximate surface area is 170 Å². The molecule has 0 unspecified atom stereocenters. The van der Waals surface area contributed by atoms with Crippen LogP contribution in [0.2, 0.25) is 0 Å². The fourth-order valence-corrected chi connectivity index (χ4v) is 3.24. The van der Waals surface area contributed by atoms with E-state index in [0.29, 0.717) is 11.3 Å². The summed E-state index contributed by atoms with van der Waals surface area (Å²) in [5.74, 6) is -0.450. The molecule has 1 heterocycles. The van der Waals surface area contributed by atoms with Crippen LogP contribution >= 0.6 is 11.8 Å². The van der Waals surface area contributed by atoms with E-state index < -0.39 is 11.9 Å². The Bertz CT molecular complexity index is 1020. The lowest BCUT2D eigenvalue weighted by Crippen LogP contribution is -2.16. The van der Waals surface area contributed by atoms with Crippen LogP contribution in [0.3, 0.4) is 0 Å². The van der Waals surface area contributed by atoms with Gasteiger partial charge in [0.15, 0.2) is 5.16 Å². The van der Waals surface area contributed by atoms with Crippen molar-refractivity contribution in [3.8, 4) is 11.3 Å². The molecule has 0 spiro atoms. The Morgan fingerprint density at radius 1 is 1.03 bits per heavy atom. The summed E-state index contributed by atoms with van der Waals surface area (Å²) in [6.07, 6.45) is -4.61. The molecule has 0 bridgehead atoms. The van der Waals surface area contributed by atoms with Crippen LogP contribution in [0.4, 0.5) is 18.9 Å². The fraction of sp³-hybridized carbons (Fsp3) is 0.190. The summed E-state index contributed by atoms with van der Waals surface area (Å²) >= 11 is 0.863. The Hall–Kier alpha value is -2.87. The van der Waals surface area contributed by atoms with Crippen molar-refractivity contribution in [3.63, 3.8) is 0 Å². The molecule has 0 aliphatic carbocycles. The number of carbonyl (C=O) groups excluding carboxylic acids is 1. The SMILES string of the molecule is Cc1ccc(C)c(NC(=O)CSc2nc(-c3ccccc3)cc(C(F)(F)F)n2)c1. The molecule has 0 aliphatic rings. The van der Waals surface area contributed by atoms with E-state index in [2.05, 4.69) is 15.3 Å². The maximum atomic E-state index is 13.3. The molecular weight excluding hydrogens is 399 g/mol. The lowest BCUT2D eigenvalue weighted by atomic mass is 10.1. The molecule has 1 N–H and O–H groups in total. The Morgan fingerprint density at radius 3 is 2.45 bits per heavy atom. The Balaban J connectivity index is 1.79. The molecule has 29 heavy (non-hydrogen) atoms. The van der Waals surface area contributed by atoms with Gasteiger partial charge in [-0.2, -0.15) is 13.2 Å². The second-order valence-electron chi connectivity index (χ2n) is 6.44. The van der Waals surface area contributed by atoms with Gasteiger partial charge in [0.1, 0.15) is 5.69 Å². The first-order valence-corrected chi connectivity index (χ1v) is 9.72. The lowest BCUT2D eigenvalue weighted by molar-refractivity contribution is -0.141. The molecule has 0 saturated heterocycles. The zero-order valence-electron chi connectivity index (χ0n) is 15.7. The van der Waals surface area contributed by atoms with Crippen LogP contribution in [0.25, 0.3) is 11.3 Å². The summed E-state index contributed by atoms with van der Waals surface area (Å²) in [5.41, 5.74) is 2.23. The zero-order chi connectivity index (χ0) is 21.0. The third-order valence-corrected chi connectivity index (χ3v) is 4.91. The molecule has 150 valence electrons. The van der Waals surface area contributed by atoms with E-state index in [0.717, 1.165) is 29.0 Å². The zero-order valence-corrected chi connectivity index (χ0v) is 16.6. The molecule has 4 nitrogen and oxygen atoms in total. The summed E-state index contributed by atoms with van der Waals surface area (Å²) in [6, 6.07) is 15.1. The summed E-state index contributed by atoms with van der Waals surface area (Å²) in [4.78, 5) is 20.1. The highest BCUT2D eigenvalue weighted by molar-refractivity contribution is 7.99. The standard InChI is InChI=1S/C21H18F3N3OS/c1-13-8-9-14(2)16(10-13)25-19(28)12-29-20-26-17(15-6-4-3-5-7-15)11-18(27-20)21(22,23)24/h3-11H,12H2,1-2H3,(H,25,28). The minimum atomic E-state index is -4.61. The van der Waals surface area contributed by atoms with Gasteiger partial charge in [0.25, 0.3) is 0 Å². The Kier molecular flexibility index (Phi) is 6.22. The number of aryl methyl sites for hydroxylation is 2. The van der Waals surface area contributed by atoms with E-state index in [1.165, 1.54) is 0 Å². The number of thioether (sulfide) groups is 1. The number of anilines is 1. The molecule has 1 aromatic heterocycles. The van der Waals surface area contributed by atoms with Crippen LogP contribution in [-0.4, -0.2) is 21.6 Å². The van der Waals surface area contributed by atoms with Crippen molar-refractivity contribution in [1.29, 1.82) is 0 Å². The first kappa shape index (κ1) is 20.9. The van der Waals surface area contributed by atoms with Crippen molar-refractivity contribution in [2.75, 3.05) is 11.1 Å². The number of benzene rings is 2. The third kappa shape index (κ3) is 5.57. The van der Waals surface area contributed by atoms with Gasteiger partial charge in [0.05, 0.1) is 11.4 Å². The monoisotopic (exact) mass is 417 g/mol. The lowest BCUT2D eigenvalue weighted by Gasteiger charge is -2.11. The summed E-state index contributed by atoms with van der Waals surface area (Å²) < 4.78 is 39.8. The second-order valence-corrected chi connectivity index (χ2v) is 7.38. The number of alkyl halides is 3. The van der Waals surface area contributed by atoms with Gasteiger partial charge in [-0.15, -0.1) is 0 Å². The van der Waals surface area contributed by atoms with Crippen molar-refractivity contribution in [2.24, 2.45) is 0 Å². The maximum Gasteiger partial charge on any atom is 0.433 e. The topological polar surface area (TPSA) is 54.9 Å². The summed E-state index contributed by atoms with van der Waals surface area (Å²) in [6.45, 7) is 3.77. The van der Waals surface area contributed by atoms with Crippen LogP contribution in [0.15, 0.2) is 59.8 Å². The summed E-state index contributed by atoms with van der Waals surface area (Å²) in [7, 11) is 0. The largest absolute Gasteiger partial charge is 0.433 e. The van der Waals surface area contributed by atoms with E-state index >= 15 is 0 Å². The quantitative estimate of drug-likeness (QED) is 0.439. The first-order chi connectivity index (χ1) is 13.7. The fourth-order valence-electron chi connectivity index (χ4n) is 2.58. The van der Waals surface area contributed by atoms with Gasteiger partial charge < -0.3 is 5.32 Å². The molecule has 3 aromatic rings. The van der Waals surface area contributed by atoms with Crippen molar-refractivity contribution >= 4 is 23.4 Å². The van der Waals surface area contributed by atoms with Crippen LogP contribution < -0.4 is 5.32 Å². The van der Waals surface area contributed by atoms with E-state index in [-0.39, 0.29) is 22.5 Å². The second kappa shape index (κ2) is 8.65. The smallest absolute Gasteiger partial charge is 0.325 e. The average molecular weight is 417 g/mol. The molecule has 1 amide bonds. The van der Waals surface area contributed by atoms with Gasteiger partial charge in [0.2, 0.25) is 5.91 Å². The first-order valence-electron chi connectivity index (χ1n) is 8.74. The highest BCUT2D eigenvalue weighted by atomic mass is 32.2. The van der Waals surface area contributed by atoms with Gasteiger partial charge in [0, 0.05) is 11.3 Å². The molecule has 8 heteroatoms. The minimum absolute atomic E-state index is 0.102. The number of hydrogen-bond acceptors (Lipinski definition) is 4. The minimum Gasteiger partial charge on any atom is -0.325 e. The van der Waals surface area contributed by atoms with Crippen LogP contribution in [0.1, 0.15) is 16.8 Å². The molecule has 0 radical (unpaired) electrons. The Morgan fingerprint density at radius 2 is 1.76 bits per heavy atom. The normalized spacial score (nSPS) is 11.3. The molecule has 0 atom stereocenters. The molecule has 0 aliphatic heterocycles. The molecule has 0 saturated carbocycles.